The van der Waals surface area contributed by atoms with Crippen LogP contribution >= 0.6 is 0 Å². The lowest BCUT2D eigenvalue weighted by Crippen LogP contribution is -2.36. The van der Waals surface area contributed by atoms with Gasteiger partial charge >= 0.3 is 5.97 Å². The maximum atomic E-state index is 13.4. The van der Waals surface area contributed by atoms with Crippen molar-refractivity contribution in [1.29, 1.82) is 0 Å². The standard InChI is InChI=1S/C21H21NO4S/c1-14-5-9-18(10-6-14)20-17(4)21(23)26-16(3)13-22(20)27(24,25)19-11-7-15(2)8-12-19/h5-12,20H,3-4,13H2,1-2H3/t20-/m1/s1. The fraction of sp³-hybridized carbons (Fsp3) is 0.190. The van der Waals surface area contributed by atoms with Gasteiger partial charge in [0.05, 0.1) is 23.1 Å². The first-order valence-corrected chi connectivity index (χ1v) is 9.88. The number of aryl methyl sites for hydroxylation is 2. The molecule has 0 aromatic heterocycles. The van der Waals surface area contributed by atoms with Gasteiger partial charge in [-0.2, -0.15) is 4.31 Å². The number of rotatable bonds is 3. The Morgan fingerprint density at radius 2 is 1.48 bits per heavy atom. The van der Waals surface area contributed by atoms with Gasteiger partial charge in [0.1, 0.15) is 5.76 Å². The lowest BCUT2D eigenvalue weighted by Gasteiger charge is -2.29. The molecule has 0 aliphatic carbocycles. The van der Waals surface area contributed by atoms with Gasteiger partial charge in [0.15, 0.2) is 0 Å². The molecule has 1 heterocycles. The molecule has 0 unspecified atom stereocenters. The highest BCUT2D eigenvalue weighted by Crippen LogP contribution is 2.36. The maximum Gasteiger partial charge on any atom is 0.340 e. The molecule has 1 fully saturated rings. The number of carbonyl (C=O) groups excluding carboxylic acids is 1. The minimum absolute atomic E-state index is 0.0492. The summed E-state index contributed by atoms with van der Waals surface area (Å²) in [6.07, 6.45) is 0. The van der Waals surface area contributed by atoms with Crippen molar-refractivity contribution in [3.63, 3.8) is 0 Å². The summed E-state index contributed by atoms with van der Waals surface area (Å²) in [5.74, 6) is -0.612. The quantitative estimate of drug-likeness (QED) is 0.599. The smallest absolute Gasteiger partial charge is 0.340 e. The van der Waals surface area contributed by atoms with E-state index in [1.165, 1.54) is 4.31 Å². The highest BCUT2D eigenvalue weighted by atomic mass is 32.2. The normalized spacial score (nSPS) is 18.9. The molecule has 1 saturated heterocycles. The number of hydrogen-bond donors (Lipinski definition) is 0. The predicted molar refractivity (Wildman–Crippen MR) is 103 cm³/mol. The summed E-state index contributed by atoms with van der Waals surface area (Å²) in [6.45, 7) is 11.2. The summed E-state index contributed by atoms with van der Waals surface area (Å²) in [5.41, 5.74) is 2.67. The summed E-state index contributed by atoms with van der Waals surface area (Å²) in [7, 11) is -3.92. The van der Waals surface area contributed by atoms with Crippen molar-refractivity contribution in [1.82, 2.24) is 4.31 Å². The van der Waals surface area contributed by atoms with Crippen molar-refractivity contribution >= 4 is 16.0 Å². The topological polar surface area (TPSA) is 63.7 Å². The molecule has 1 aliphatic rings. The first kappa shape index (κ1) is 19.1. The SMILES string of the molecule is C=C1CN(S(=O)(=O)c2ccc(C)cc2)[C@@H](c2ccc(C)cc2)C(=C)C(=O)O1. The summed E-state index contributed by atoms with van der Waals surface area (Å²) in [4.78, 5) is 12.5. The fourth-order valence-electron chi connectivity index (χ4n) is 2.97. The Hall–Kier alpha value is -2.70. The van der Waals surface area contributed by atoms with E-state index in [0.717, 1.165) is 11.1 Å². The van der Waals surface area contributed by atoms with Gasteiger partial charge in [-0.25, -0.2) is 13.2 Å². The van der Waals surface area contributed by atoms with Crippen molar-refractivity contribution in [3.05, 3.63) is 89.7 Å². The average molecular weight is 383 g/mol. The molecule has 0 spiro atoms. The van der Waals surface area contributed by atoms with Gasteiger partial charge in [0, 0.05) is 0 Å². The summed E-state index contributed by atoms with van der Waals surface area (Å²) in [6, 6.07) is 13.0. The first-order valence-electron chi connectivity index (χ1n) is 8.44. The zero-order chi connectivity index (χ0) is 19.8. The minimum atomic E-state index is -3.92. The maximum absolute atomic E-state index is 13.4. The third kappa shape index (κ3) is 3.72. The molecule has 0 amide bonds. The molecule has 2 aromatic carbocycles. The van der Waals surface area contributed by atoms with Crippen LogP contribution in [0.4, 0.5) is 0 Å². The highest BCUT2D eigenvalue weighted by Gasteiger charge is 2.40. The second-order valence-corrected chi connectivity index (χ2v) is 8.52. The van der Waals surface area contributed by atoms with E-state index >= 15 is 0 Å². The van der Waals surface area contributed by atoms with Crippen LogP contribution in [0.1, 0.15) is 22.7 Å². The van der Waals surface area contributed by atoms with Gasteiger partial charge in [-0.15, -0.1) is 0 Å². The molecule has 0 saturated carbocycles. The Morgan fingerprint density at radius 1 is 0.963 bits per heavy atom. The van der Waals surface area contributed by atoms with E-state index in [-0.39, 0.29) is 22.8 Å². The van der Waals surface area contributed by atoms with E-state index in [0.29, 0.717) is 5.56 Å². The van der Waals surface area contributed by atoms with E-state index in [2.05, 4.69) is 13.2 Å². The summed E-state index contributed by atoms with van der Waals surface area (Å²) < 4.78 is 33.1. The second kappa shape index (κ2) is 7.13. The molecule has 140 valence electrons. The largest absolute Gasteiger partial charge is 0.427 e. The third-order valence-electron chi connectivity index (χ3n) is 4.47. The van der Waals surface area contributed by atoms with Crippen molar-refractivity contribution in [2.75, 3.05) is 6.54 Å². The molecule has 27 heavy (non-hydrogen) atoms. The van der Waals surface area contributed by atoms with Gasteiger partial charge < -0.3 is 4.74 Å². The number of esters is 1. The van der Waals surface area contributed by atoms with Gasteiger partial charge in [-0.05, 0) is 31.5 Å². The molecule has 2 aromatic rings. The Labute approximate surface area is 159 Å². The molecular formula is C21H21NO4S. The van der Waals surface area contributed by atoms with Crippen molar-refractivity contribution in [2.24, 2.45) is 0 Å². The van der Waals surface area contributed by atoms with E-state index in [1.54, 1.807) is 36.4 Å². The Kier molecular flexibility index (Phi) is 5.04. The monoisotopic (exact) mass is 383 g/mol. The molecule has 0 N–H and O–H groups in total. The fourth-order valence-corrected chi connectivity index (χ4v) is 4.56. The predicted octanol–water partition coefficient (Wildman–Crippen LogP) is 3.66. The van der Waals surface area contributed by atoms with Crippen LogP contribution < -0.4 is 0 Å². The van der Waals surface area contributed by atoms with E-state index in [4.69, 9.17) is 4.74 Å². The molecular weight excluding hydrogens is 362 g/mol. The van der Waals surface area contributed by atoms with Crippen molar-refractivity contribution < 1.29 is 17.9 Å². The lowest BCUT2D eigenvalue weighted by atomic mass is 9.99. The van der Waals surface area contributed by atoms with Crippen LogP contribution in [0.3, 0.4) is 0 Å². The zero-order valence-corrected chi connectivity index (χ0v) is 16.1. The van der Waals surface area contributed by atoms with Gasteiger partial charge in [-0.1, -0.05) is 60.7 Å². The van der Waals surface area contributed by atoms with Crippen LogP contribution in [-0.4, -0.2) is 25.2 Å². The van der Waals surface area contributed by atoms with Crippen LogP contribution in [0.2, 0.25) is 0 Å². The molecule has 0 radical (unpaired) electrons. The van der Waals surface area contributed by atoms with Crippen molar-refractivity contribution in [2.45, 2.75) is 24.8 Å². The number of nitrogens with zero attached hydrogens (tertiary/aromatic N) is 1. The Bertz CT molecular complexity index is 1010. The summed E-state index contributed by atoms with van der Waals surface area (Å²) >= 11 is 0. The molecule has 1 atom stereocenters. The molecule has 6 heteroatoms. The minimum Gasteiger partial charge on any atom is -0.427 e. The van der Waals surface area contributed by atoms with E-state index < -0.39 is 22.0 Å². The Balaban J connectivity index is 2.16. The van der Waals surface area contributed by atoms with Crippen LogP contribution in [0.5, 0.6) is 0 Å². The summed E-state index contributed by atoms with van der Waals surface area (Å²) in [5, 5.41) is 0. The van der Waals surface area contributed by atoms with Gasteiger partial charge in [0.2, 0.25) is 10.0 Å². The lowest BCUT2D eigenvalue weighted by molar-refractivity contribution is -0.134. The van der Waals surface area contributed by atoms with Crippen LogP contribution in [0, 0.1) is 13.8 Å². The van der Waals surface area contributed by atoms with E-state index in [1.807, 2.05) is 26.0 Å². The molecule has 0 bridgehead atoms. The number of benzene rings is 2. The first-order chi connectivity index (χ1) is 12.7. The number of carbonyl (C=O) groups is 1. The van der Waals surface area contributed by atoms with Gasteiger partial charge in [0.25, 0.3) is 0 Å². The number of cyclic esters (lactones) is 1. The average Bonchev–Trinajstić information content (AvgIpc) is 2.73. The highest BCUT2D eigenvalue weighted by molar-refractivity contribution is 7.89. The van der Waals surface area contributed by atoms with Crippen LogP contribution in [-0.2, 0) is 19.6 Å². The van der Waals surface area contributed by atoms with Crippen LogP contribution in [0.15, 0.2) is 77.9 Å². The third-order valence-corrected chi connectivity index (χ3v) is 6.30. The van der Waals surface area contributed by atoms with Crippen LogP contribution in [0.25, 0.3) is 0 Å². The zero-order valence-electron chi connectivity index (χ0n) is 15.3. The van der Waals surface area contributed by atoms with Crippen molar-refractivity contribution in [3.8, 4) is 0 Å². The van der Waals surface area contributed by atoms with Gasteiger partial charge in [-0.3, -0.25) is 0 Å². The molecule has 5 nitrogen and oxygen atoms in total. The molecule has 1 aliphatic heterocycles. The number of sulfonamides is 1. The Morgan fingerprint density at radius 3 is 2.04 bits per heavy atom. The molecule has 3 rings (SSSR count). The van der Waals surface area contributed by atoms with E-state index in [9.17, 15) is 13.2 Å². The second-order valence-electron chi connectivity index (χ2n) is 6.63. The number of hydrogen-bond acceptors (Lipinski definition) is 4. The number of ether oxygens (including phenoxy) is 1.